The molecule has 1 aliphatic rings. The van der Waals surface area contributed by atoms with E-state index in [9.17, 15) is 26.7 Å². The molecule has 1 fully saturated rings. The molecule has 1 saturated carbocycles. The maximum absolute atomic E-state index is 13.8. The number of nitrogens with two attached hydrogens (primary N) is 1. The van der Waals surface area contributed by atoms with Crippen LogP contribution in [0.25, 0.3) is 0 Å². The Morgan fingerprint density at radius 1 is 1.02 bits per heavy atom. The highest BCUT2D eigenvalue weighted by Gasteiger charge is 2.31. The molecule has 0 radical (unpaired) electrons. The number of amides is 1. The number of aliphatic hydroxyl groups is 1. The fraction of sp³-hybridized carbons (Fsp3) is 0.419. The van der Waals surface area contributed by atoms with Crippen LogP contribution in [0.15, 0.2) is 78.0 Å². The molecule has 0 spiro atoms. The quantitative estimate of drug-likeness (QED) is 0.211. The van der Waals surface area contributed by atoms with E-state index in [1.807, 2.05) is 30.3 Å². The second-order valence-electron chi connectivity index (χ2n) is 11.3. The summed E-state index contributed by atoms with van der Waals surface area (Å²) in [5.41, 5.74) is 1.55. The van der Waals surface area contributed by atoms with Gasteiger partial charge in [0, 0.05) is 32.4 Å². The van der Waals surface area contributed by atoms with E-state index in [0.29, 0.717) is 17.7 Å². The smallest absolute Gasteiger partial charge is 0.296 e. The van der Waals surface area contributed by atoms with Crippen LogP contribution in [0.3, 0.4) is 0 Å². The van der Waals surface area contributed by atoms with Gasteiger partial charge in [-0.2, -0.15) is 12.7 Å². The molecule has 1 aromatic heterocycles. The molecule has 0 bridgehead atoms. The largest absolute Gasteiger partial charge is 0.497 e. The summed E-state index contributed by atoms with van der Waals surface area (Å²) < 4.78 is 59.1. The van der Waals surface area contributed by atoms with Crippen LogP contribution in [-0.4, -0.2) is 81.4 Å². The molecule has 244 valence electrons. The first-order valence-corrected chi connectivity index (χ1v) is 17.8. The number of benzene rings is 2. The molecule has 14 heteroatoms. The Bertz CT molecular complexity index is 1620. The van der Waals surface area contributed by atoms with E-state index in [-0.39, 0.29) is 55.0 Å². The molecule has 4 rings (SSSR count). The number of ether oxygens (including phenoxy) is 1. The highest BCUT2D eigenvalue weighted by Crippen LogP contribution is 2.28. The van der Waals surface area contributed by atoms with Gasteiger partial charge in [-0.3, -0.25) is 14.5 Å². The molecule has 3 aromatic rings. The summed E-state index contributed by atoms with van der Waals surface area (Å²) in [6.45, 7) is 0.262. The van der Waals surface area contributed by atoms with Crippen molar-refractivity contribution in [3.63, 3.8) is 0 Å². The van der Waals surface area contributed by atoms with Crippen molar-refractivity contribution in [1.29, 1.82) is 0 Å². The van der Waals surface area contributed by atoms with Crippen LogP contribution in [0.5, 0.6) is 5.75 Å². The van der Waals surface area contributed by atoms with Gasteiger partial charge < -0.3 is 14.7 Å². The first kappa shape index (κ1) is 34.3. The van der Waals surface area contributed by atoms with Gasteiger partial charge in [0.1, 0.15) is 5.75 Å². The number of hydrogen-bond donors (Lipinski definition) is 3. The molecule has 0 unspecified atom stereocenters. The first-order valence-electron chi connectivity index (χ1n) is 14.8. The lowest BCUT2D eigenvalue weighted by Gasteiger charge is -2.30. The second-order valence-corrected chi connectivity index (χ2v) is 14.5. The average Bonchev–Trinajstić information content (AvgIpc) is 3.52. The Kier molecular flexibility index (Phi) is 11.9. The van der Waals surface area contributed by atoms with Crippen molar-refractivity contribution in [3.8, 4) is 5.75 Å². The van der Waals surface area contributed by atoms with Crippen LogP contribution in [-0.2, 0) is 37.9 Å². The third-order valence-electron chi connectivity index (χ3n) is 7.76. The summed E-state index contributed by atoms with van der Waals surface area (Å²) in [6, 6.07) is 17.2. The molecule has 0 saturated heterocycles. The zero-order chi connectivity index (χ0) is 32.5. The number of pyridine rings is 1. The maximum Gasteiger partial charge on any atom is 0.296 e. The van der Waals surface area contributed by atoms with Crippen molar-refractivity contribution >= 4 is 31.8 Å². The maximum atomic E-state index is 13.8. The predicted octanol–water partition coefficient (Wildman–Crippen LogP) is 2.56. The van der Waals surface area contributed by atoms with E-state index in [4.69, 9.17) is 9.88 Å². The van der Waals surface area contributed by atoms with Gasteiger partial charge in [0.05, 0.1) is 36.4 Å². The molecule has 12 nitrogen and oxygen atoms in total. The van der Waals surface area contributed by atoms with Gasteiger partial charge in [-0.05, 0) is 66.6 Å². The highest BCUT2D eigenvalue weighted by atomic mass is 32.2. The van der Waals surface area contributed by atoms with Crippen LogP contribution >= 0.6 is 0 Å². The van der Waals surface area contributed by atoms with Crippen LogP contribution in [0, 0.1) is 5.92 Å². The summed E-state index contributed by atoms with van der Waals surface area (Å²) in [6.07, 6.45) is 5.85. The lowest BCUT2D eigenvalue weighted by molar-refractivity contribution is -0.132. The zero-order valence-electron chi connectivity index (χ0n) is 25.3. The van der Waals surface area contributed by atoms with Crippen molar-refractivity contribution < 1.29 is 31.5 Å². The Labute approximate surface area is 265 Å². The monoisotopic (exact) mass is 659 g/mol. The number of rotatable bonds is 16. The Hall–Kier alpha value is -3.56. The van der Waals surface area contributed by atoms with Crippen LogP contribution in [0.2, 0.25) is 0 Å². The summed E-state index contributed by atoms with van der Waals surface area (Å²) >= 11 is 0. The lowest BCUT2D eigenvalue weighted by atomic mass is 10.1. The summed E-state index contributed by atoms with van der Waals surface area (Å²) in [5, 5.41) is 16.4. The normalized spacial score (nSPS) is 14.8. The molecule has 2 aromatic carbocycles. The SMILES string of the molecule is COc1ccc(S(=O)(=O)N(CC2CCCC2)C[C@@H](O)CN(CCc2ccccc2)C(=O)Cc2cncc(NS(N)(=O)=O)c2)cc1. The molecule has 45 heavy (non-hydrogen) atoms. The Morgan fingerprint density at radius 3 is 2.36 bits per heavy atom. The van der Waals surface area contributed by atoms with Gasteiger partial charge in [0.2, 0.25) is 15.9 Å². The number of carbonyl (C=O) groups excluding carboxylic acids is 1. The van der Waals surface area contributed by atoms with E-state index in [0.717, 1.165) is 31.2 Å². The molecule has 1 aliphatic carbocycles. The van der Waals surface area contributed by atoms with Crippen molar-refractivity contribution in [1.82, 2.24) is 14.2 Å². The number of nitrogens with zero attached hydrogens (tertiary/aromatic N) is 3. The molecule has 1 amide bonds. The van der Waals surface area contributed by atoms with E-state index >= 15 is 0 Å². The highest BCUT2D eigenvalue weighted by molar-refractivity contribution is 7.90. The fourth-order valence-electron chi connectivity index (χ4n) is 5.51. The van der Waals surface area contributed by atoms with Crippen LogP contribution < -0.4 is 14.6 Å². The second kappa shape index (κ2) is 15.6. The molecular formula is C31H41N5O7S2. The first-order chi connectivity index (χ1) is 21.4. The van der Waals surface area contributed by atoms with Crippen LogP contribution in [0.4, 0.5) is 5.69 Å². The van der Waals surface area contributed by atoms with E-state index in [1.165, 1.54) is 46.9 Å². The third kappa shape index (κ3) is 10.5. The van der Waals surface area contributed by atoms with Crippen molar-refractivity contribution in [2.24, 2.45) is 11.1 Å². The van der Waals surface area contributed by atoms with E-state index in [1.54, 1.807) is 12.1 Å². The van der Waals surface area contributed by atoms with Gasteiger partial charge in [0.25, 0.3) is 10.2 Å². The lowest BCUT2D eigenvalue weighted by Crippen LogP contribution is -2.46. The molecular weight excluding hydrogens is 619 g/mol. The van der Waals surface area contributed by atoms with Gasteiger partial charge >= 0.3 is 0 Å². The minimum atomic E-state index is -4.03. The zero-order valence-corrected chi connectivity index (χ0v) is 26.9. The molecule has 4 N–H and O–H groups in total. The van der Waals surface area contributed by atoms with Crippen molar-refractivity contribution in [2.75, 3.05) is 38.0 Å². The Balaban J connectivity index is 1.53. The minimum absolute atomic E-state index is 0.103. The van der Waals surface area contributed by atoms with Crippen molar-refractivity contribution in [2.45, 2.75) is 49.5 Å². The Morgan fingerprint density at radius 2 is 1.71 bits per heavy atom. The number of aromatic nitrogens is 1. The number of sulfonamides is 1. The predicted molar refractivity (Wildman–Crippen MR) is 171 cm³/mol. The minimum Gasteiger partial charge on any atom is -0.497 e. The van der Waals surface area contributed by atoms with Gasteiger partial charge in [0.15, 0.2) is 0 Å². The molecule has 1 heterocycles. The van der Waals surface area contributed by atoms with E-state index < -0.39 is 26.3 Å². The number of carbonyl (C=O) groups is 1. The average molecular weight is 660 g/mol. The summed E-state index contributed by atoms with van der Waals surface area (Å²) in [5.74, 6) is 0.386. The number of hydrogen-bond acceptors (Lipinski definition) is 8. The number of anilines is 1. The third-order valence-corrected chi connectivity index (χ3v) is 10.1. The van der Waals surface area contributed by atoms with Crippen molar-refractivity contribution in [3.05, 3.63) is 84.2 Å². The van der Waals surface area contributed by atoms with Gasteiger partial charge in [-0.25, -0.2) is 13.6 Å². The summed E-state index contributed by atoms with van der Waals surface area (Å²) in [4.78, 5) is 19.2. The number of nitrogens with one attached hydrogen (secondary N) is 1. The van der Waals surface area contributed by atoms with Gasteiger partial charge in [-0.15, -0.1) is 0 Å². The van der Waals surface area contributed by atoms with Gasteiger partial charge in [-0.1, -0.05) is 43.2 Å². The molecule has 0 aliphatic heterocycles. The fourth-order valence-corrected chi connectivity index (χ4v) is 7.51. The van der Waals surface area contributed by atoms with Crippen LogP contribution in [0.1, 0.15) is 36.8 Å². The van der Waals surface area contributed by atoms with E-state index in [2.05, 4.69) is 9.71 Å². The molecule has 1 atom stereocenters. The standard InChI is InChI=1S/C31H41N5O7S2/c1-43-29-11-13-30(14-12-29)44(39,40)36(21-25-9-5-6-10-25)23-28(37)22-35(16-15-24-7-3-2-4-8-24)31(38)18-26-17-27(20-33-19-26)34-45(32,41)42/h2-4,7-8,11-14,17,19-20,25,28,34,37H,5-6,9-10,15-16,18,21-23H2,1H3,(H2,32,41,42)/t28-/m0/s1. The topological polar surface area (TPSA) is 172 Å². The number of aliphatic hydroxyl groups excluding tert-OH is 1. The number of methoxy groups -OCH3 is 1. The summed E-state index contributed by atoms with van der Waals surface area (Å²) in [7, 11) is -6.47.